The Morgan fingerprint density at radius 1 is 0.727 bits per heavy atom. The van der Waals surface area contributed by atoms with Crippen LogP contribution >= 0.6 is 23.2 Å². The Hall–Kier alpha value is -2.75. The molecule has 0 nitrogen and oxygen atoms in total. The Morgan fingerprint density at radius 3 is 2.12 bits per heavy atom. The van der Waals surface area contributed by atoms with Crippen LogP contribution in [0, 0.1) is 26.8 Å². The summed E-state index contributed by atoms with van der Waals surface area (Å²) in [7, 11) is 0. The largest absolute Gasteiger partial charge is 0.416 e. The lowest BCUT2D eigenvalue weighted by molar-refractivity contribution is -0.137. The van der Waals surface area contributed by atoms with Gasteiger partial charge in [0.15, 0.2) is 0 Å². The molecule has 4 rings (SSSR count). The maximum absolute atomic E-state index is 14.0. The lowest BCUT2D eigenvalue weighted by Crippen LogP contribution is -2.06. The molecule has 1 radical (unpaired) electrons. The molecule has 5 heteroatoms. The van der Waals surface area contributed by atoms with Gasteiger partial charge >= 0.3 is 6.18 Å². The fourth-order valence-electron chi connectivity index (χ4n) is 4.07. The Balaban J connectivity index is 2.10. The number of alkyl halides is 3. The molecular weight excluding hydrogens is 464 g/mol. The Kier molecular flexibility index (Phi) is 6.30. The van der Waals surface area contributed by atoms with Gasteiger partial charge in [-0.05, 0) is 78.9 Å². The molecule has 0 spiro atoms. The highest BCUT2D eigenvalue weighted by atomic mass is 35.5. The van der Waals surface area contributed by atoms with Gasteiger partial charge in [-0.25, -0.2) is 0 Å². The van der Waals surface area contributed by atoms with Crippen LogP contribution in [0.15, 0.2) is 66.7 Å². The second kappa shape index (κ2) is 8.89. The summed E-state index contributed by atoms with van der Waals surface area (Å²) in [4.78, 5) is 0. The predicted octanol–water partition coefficient (Wildman–Crippen LogP) is 9.74. The van der Waals surface area contributed by atoms with E-state index < -0.39 is 11.7 Å². The first-order valence-electron chi connectivity index (χ1n) is 10.3. The van der Waals surface area contributed by atoms with Gasteiger partial charge < -0.3 is 0 Å². The molecule has 0 aliphatic carbocycles. The van der Waals surface area contributed by atoms with E-state index in [0.717, 1.165) is 28.8 Å². The third-order valence-electron chi connectivity index (χ3n) is 5.71. The molecule has 167 valence electrons. The maximum Gasteiger partial charge on any atom is 0.416 e. The highest BCUT2D eigenvalue weighted by molar-refractivity contribution is 6.37. The zero-order valence-electron chi connectivity index (χ0n) is 18.2. The monoisotopic (exact) mass is 483 g/mol. The average Bonchev–Trinajstić information content (AvgIpc) is 2.75. The van der Waals surface area contributed by atoms with Crippen LogP contribution in [0.1, 0.15) is 22.3 Å². The second-order valence-electron chi connectivity index (χ2n) is 8.07. The van der Waals surface area contributed by atoms with E-state index in [2.05, 4.69) is 6.07 Å². The summed E-state index contributed by atoms with van der Waals surface area (Å²) in [5.41, 5.74) is 5.05. The molecule has 0 heterocycles. The number of hydrogen-bond donors (Lipinski definition) is 0. The molecule has 0 unspecified atom stereocenters. The van der Waals surface area contributed by atoms with E-state index in [1.54, 1.807) is 24.3 Å². The van der Waals surface area contributed by atoms with Crippen molar-refractivity contribution in [2.75, 3.05) is 0 Å². The first-order valence-corrected chi connectivity index (χ1v) is 11.1. The van der Waals surface area contributed by atoms with E-state index in [0.29, 0.717) is 38.4 Å². The first kappa shape index (κ1) is 23.4. The summed E-state index contributed by atoms with van der Waals surface area (Å²) in [5.74, 6) is 0. The van der Waals surface area contributed by atoms with Crippen LogP contribution in [0.4, 0.5) is 13.2 Å². The Morgan fingerprint density at radius 2 is 1.42 bits per heavy atom. The zero-order chi connectivity index (χ0) is 23.9. The highest BCUT2D eigenvalue weighted by Crippen LogP contribution is 2.46. The lowest BCUT2D eigenvalue weighted by Gasteiger charge is -2.20. The van der Waals surface area contributed by atoms with E-state index >= 15 is 0 Å². The van der Waals surface area contributed by atoms with Crippen LogP contribution in [0.5, 0.6) is 0 Å². The third kappa shape index (κ3) is 4.53. The number of aryl methyl sites for hydroxylation is 3. The molecule has 0 aliphatic heterocycles. The molecule has 33 heavy (non-hydrogen) atoms. The van der Waals surface area contributed by atoms with Gasteiger partial charge in [-0.1, -0.05) is 71.2 Å². The zero-order valence-corrected chi connectivity index (χ0v) is 19.8. The SMILES string of the molecule is Cc1ccc(Cl)c(-c2cc[c]c(C)c2-c2cc(C(F)(F)F)cc(-c3ccccc3C)c2Cl)c1. The summed E-state index contributed by atoms with van der Waals surface area (Å²) in [5, 5.41) is 0.764. The molecule has 0 saturated heterocycles. The minimum atomic E-state index is -4.54. The van der Waals surface area contributed by atoms with E-state index in [4.69, 9.17) is 23.2 Å². The lowest BCUT2D eigenvalue weighted by atomic mass is 9.87. The molecule has 0 bridgehead atoms. The van der Waals surface area contributed by atoms with Gasteiger partial charge in [-0.2, -0.15) is 13.2 Å². The van der Waals surface area contributed by atoms with Crippen LogP contribution in [-0.2, 0) is 6.18 Å². The summed E-state index contributed by atoms with van der Waals surface area (Å²) in [6, 6.07) is 21.8. The van der Waals surface area contributed by atoms with Crippen LogP contribution in [0.2, 0.25) is 10.0 Å². The Bertz CT molecular complexity index is 1350. The topological polar surface area (TPSA) is 0 Å². The predicted molar refractivity (Wildman–Crippen MR) is 131 cm³/mol. The van der Waals surface area contributed by atoms with Gasteiger partial charge in [0.25, 0.3) is 0 Å². The molecule has 0 saturated carbocycles. The van der Waals surface area contributed by atoms with Gasteiger partial charge in [0.05, 0.1) is 10.6 Å². The molecule has 4 aromatic rings. The molecule has 0 amide bonds. The van der Waals surface area contributed by atoms with Crippen LogP contribution in [0.3, 0.4) is 0 Å². The summed E-state index contributed by atoms with van der Waals surface area (Å²) in [6.45, 7) is 5.60. The molecule has 0 N–H and O–H groups in total. The standard InChI is InChI=1S/C28H20Cl2F3/c1-16-11-12-25(29)22(13-16)21-10-6-8-18(3)26(21)24-15-19(28(31,32)33)14-23(27(24)30)20-9-5-4-7-17(20)2/h4-7,9-15H,1-3H3. The minimum Gasteiger partial charge on any atom is -0.166 e. The van der Waals surface area contributed by atoms with Crippen LogP contribution < -0.4 is 0 Å². The maximum atomic E-state index is 14.0. The van der Waals surface area contributed by atoms with Crippen molar-refractivity contribution in [3.8, 4) is 33.4 Å². The van der Waals surface area contributed by atoms with Crippen molar-refractivity contribution in [1.29, 1.82) is 0 Å². The average molecular weight is 484 g/mol. The first-order chi connectivity index (χ1) is 15.6. The quantitative estimate of drug-likeness (QED) is 0.272. The van der Waals surface area contributed by atoms with Crippen molar-refractivity contribution in [3.05, 3.63) is 105 Å². The molecule has 4 aromatic carbocycles. The smallest absolute Gasteiger partial charge is 0.166 e. The molecule has 0 aromatic heterocycles. The number of rotatable bonds is 3. The summed E-state index contributed by atoms with van der Waals surface area (Å²) >= 11 is 13.4. The van der Waals surface area contributed by atoms with Crippen molar-refractivity contribution in [2.45, 2.75) is 26.9 Å². The molecule has 0 atom stereocenters. The number of hydrogen-bond acceptors (Lipinski definition) is 0. The van der Waals surface area contributed by atoms with Crippen molar-refractivity contribution in [2.24, 2.45) is 0 Å². The normalized spacial score (nSPS) is 11.6. The van der Waals surface area contributed by atoms with E-state index in [1.807, 2.05) is 51.1 Å². The summed E-state index contributed by atoms with van der Waals surface area (Å²) < 4.78 is 41.9. The van der Waals surface area contributed by atoms with Gasteiger partial charge in [-0.15, -0.1) is 0 Å². The van der Waals surface area contributed by atoms with Crippen molar-refractivity contribution >= 4 is 23.2 Å². The van der Waals surface area contributed by atoms with Gasteiger partial charge in [0.1, 0.15) is 0 Å². The Labute approximate surface area is 201 Å². The van der Waals surface area contributed by atoms with Crippen molar-refractivity contribution in [1.82, 2.24) is 0 Å². The molecular formula is C28H20Cl2F3. The number of halogens is 5. The van der Waals surface area contributed by atoms with E-state index in [1.165, 1.54) is 0 Å². The fraction of sp³-hybridized carbons (Fsp3) is 0.143. The van der Waals surface area contributed by atoms with Gasteiger partial charge in [0, 0.05) is 21.7 Å². The van der Waals surface area contributed by atoms with E-state index in [-0.39, 0.29) is 5.02 Å². The second-order valence-corrected chi connectivity index (χ2v) is 8.86. The van der Waals surface area contributed by atoms with Gasteiger partial charge in [0.2, 0.25) is 0 Å². The number of benzene rings is 4. The van der Waals surface area contributed by atoms with Crippen molar-refractivity contribution < 1.29 is 13.2 Å². The van der Waals surface area contributed by atoms with Crippen LogP contribution in [0.25, 0.3) is 33.4 Å². The van der Waals surface area contributed by atoms with Gasteiger partial charge in [-0.3, -0.25) is 0 Å². The third-order valence-corrected chi connectivity index (χ3v) is 6.45. The van der Waals surface area contributed by atoms with E-state index in [9.17, 15) is 13.2 Å². The summed E-state index contributed by atoms with van der Waals surface area (Å²) in [6.07, 6.45) is -4.54. The molecule has 0 fully saturated rings. The van der Waals surface area contributed by atoms with Crippen molar-refractivity contribution in [3.63, 3.8) is 0 Å². The molecule has 0 aliphatic rings. The van der Waals surface area contributed by atoms with Crippen LogP contribution in [-0.4, -0.2) is 0 Å². The minimum absolute atomic E-state index is 0.255. The fourth-order valence-corrected chi connectivity index (χ4v) is 4.59. The highest BCUT2D eigenvalue weighted by Gasteiger charge is 2.33.